The molecule has 0 aliphatic rings. The molecule has 0 unspecified atom stereocenters. The standard InChI is InChI=1S/C24H20ClN3O2/c1-30-23(29)12-7-16-5-8-17(9-6-16)18-10-11-22-21(13-18)24(27-15-26-22)28-20-4-2-3-19(25)14-20/h2-6,8-11,13-15H,7,12H2,1H3,(H,26,27,28). The van der Waals surface area contributed by atoms with Crippen LogP contribution in [0.15, 0.2) is 73.1 Å². The van der Waals surface area contributed by atoms with Crippen LogP contribution < -0.4 is 5.32 Å². The first-order valence-electron chi connectivity index (χ1n) is 9.56. The Morgan fingerprint density at radius 1 is 1.00 bits per heavy atom. The summed E-state index contributed by atoms with van der Waals surface area (Å²) in [7, 11) is 1.41. The average Bonchev–Trinajstić information content (AvgIpc) is 2.78. The summed E-state index contributed by atoms with van der Waals surface area (Å²) in [5.74, 6) is 0.521. The predicted octanol–water partition coefficient (Wildman–Crippen LogP) is 5.80. The monoisotopic (exact) mass is 417 g/mol. The summed E-state index contributed by atoms with van der Waals surface area (Å²) < 4.78 is 4.70. The number of hydrogen-bond donors (Lipinski definition) is 1. The van der Waals surface area contributed by atoms with Crippen LogP contribution >= 0.6 is 11.6 Å². The van der Waals surface area contributed by atoms with E-state index in [-0.39, 0.29) is 5.97 Å². The van der Waals surface area contributed by atoms with Crippen molar-refractivity contribution in [3.8, 4) is 11.1 Å². The number of ether oxygens (including phenoxy) is 1. The number of benzene rings is 3. The zero-order valence-electron chi connectivity index (χ0n) is 16.4. The quantitative estimate of drug-likeness (QED) is 0.402. The lowest BCUT2D eigenvalue weighted by Crippen LogP contribution is -2.01. The predicted molar refractivity (Wildman–Crippen MR) is 120 cm³/mol. The van der Waals surface area contributed by atoms with E-state index in [1.807, 2.05) is 48.5 Å². The van der Waals surface area contributed by atoms with Crippen molar-refractivity contribution in [1.82, 2.24) is 9.97 Å². The van der Waals surface area contributed by atoms with Crippen LogP contribution in [0, 0.1) is 0 Å². The Bertz CT molecular complexity index is 1190. The topological polar surface area (TPSA) is 64.1 Å². The maximum absolute atomic E-state index is 11.3. The molecule has 0 saturated carbocycles. The molecule has 1 aromatic heterocycles. The molecule has 150 valence electrons. The van der Waals surface area contributed by atoms with Gasteiger partial charge in [0.2, 0.25) is 0 Å². The molecule has 0 fully saturated rings. The van der Waals surface area contributed by atoms with Crippen LogP contribution in [0.4, 0.5) is 11.5 Å². The van der Waals surface area contributed by atoms with Crippen LogP contribution in [-0.4, -0.2) is 23.0 Å². The average molecular weight is 418 g/mol. The van der Waals surface area contributed by atoms with Gasteiger partial charge in [0, 0.05) is 22.5 Å². The summed E-state index contributed by atoms with van der Waals surface area (Å²) >= 11 is 6.10. The fourth-order valence-corrected chi connectivity index (χ4v) is 3.44. The van der Waals surface area contributed by atoms with Gasteiger partial charge in [0.05, 0.1) is 12.6 Å². The first-order chi connectivity index (χ1) is 14.6. The Balaban J connectivity index is 1.62. The molecule has 4 aromatic rings. The molecule has 0 radical (unpaired) electrons. The molecule has 30 heavy (non-hydrogen) atoms. The zero-order chi connectivity index (χ0) is 20.9. The highest BCUT2D eigenvalue weighted by atomic mass is 35.5. The summed E-state index contributed by atoms with van der Waals surface area (Å²) in [6, 6.07) is 21.8. The highest BCUT2D eigenvalue weighted by molar-refractivity contribution is 6.30. The van der Waals surface area contributed by atoms with E-state index in [9.17, 15) is 4.79 Å². The number of rotatable bonds is 6. The van der Waals surface area contributed by atoms with Crippen molar-refractivity contribution in [2.45, 2.75) is 12.8 Å². The minimum Gasteiger partial charge on any atom is -0.469 e. The number of nitrogens with zero attached hydrogens (tertiary/aromatic N) is 2. The van der Waals surface area contributed by atoms with E-state index in [1.54, 1.807) is 6.33 Å². The minimum atomic E-state index is -0.201. The second-order valence-corrected chi connectivity index (χ2v) is 7.30. The van der Waals surface area contributed by atoms with Gasteiger partial charge in [-0.2, -0.15) is 0 Å². The molecule has 0 spiro atoms. The van der Waals surface area contributed by atoms with Crippen molar-refractivity contribution in [1.29, 1.82) is 0 Å². The lowest BCUT2D eigenvalue weighted by molar-refractivity contribution is -0.140. The number of anilines is 2. The van der Waals surface area contributed by atoms with Gasteiger partial charge in [0.15, 0.2) is 0 Å². The largest absolute Gasteiger partial charge is 0.469 e. The molecule has 0 saturated heterocycles. The fraction of sp³-hybridized carbons (Fsp3) is 0.125. The highest BCUT2D eigenvalue weighted by Gasteiger charge is 2.08. The molecule has 4 rings (SSSR count). The minimum absolute atomic E-state index is 0.201. The summed E-state index contributed by atoms with van der Waals surface area (Å²) in [5.41, 5.74) is 4.95. The van der Waals surface area contributed by atoms with Gasteiger partial charge < -0.3 is 10.1 Å². The van der Waals surface area contributed by atoms with E-state index in [1.165, 1.54) is 7.11 Å². The number of methoxy groups -OCH3 is 1. The van der Waals surface area contributed by atoms with Gasteiger partial charge in [0.1, 0.15) is 12.1 Å². The first-order valence-corrected chi connectivity index (χ1v) is 9.93. The third-order valence-electron chi connectivity index (χ3n) is 4.86. The number of hydrogen-bond acceptors (Lipinski definition) is 5. The Morgan fingerprint density at radius 3 is 2.57 bits per heavy atom. The molecule has 5 nitrogen and oxygen atoms in total. The molecule has 0 aliphatic carbocycles. The van der Waals surface area contributed by atoms with Gasteiger partial charge in [-0.05, 0) is 53.4 Å². The van der Waals surface area contributed by atoms with Gasteiger partial charge in [-0.3, -0.25) is 4.79 Å². The van der Waals surface area contributed by atoms with E-state index in [4.69, 9.17) is 16.3 Å². The second-order valence-electron chi connectivity index (χ2n) is 6.86. The Hall–Kier alpha value is -3.44. The smallest absolute Gasteiger partial charge is 0.305 e. The molecule has 6 heteroatoms. The number of nitrogens with one attached hydrogen (secondary N) is 1. The van der Waals surface area contributed by atoms with Gasteiger partial charge in [-0.25, -0.2) is 9.97 Å². The Morgan fingerprint density at radius 2 is 1.80 bits per heavy atom. The van der Waals surface area contributed by atoms with Gasteiger partial charge >= 0.3 is 5.97 Å². The number of fused-ring (bicyclic) bond motifs is 1. The number of aryl methyl sites for hydroxylation is 1. The molecule has 0 amide bonds. The molecule has 0 bridgehead atoms. The molecule has 1 N–H and O–H groups in total. The molecular formula is C24H20ClN3O2. The molecular weight excluding hydrogens is 398 g/mol. The van der Waals surface area contributed by atoms with E-state index in [2.05, 4.69) is 33.5 Å². The lowest BCUT2D eigenvalue weighted by Gasteiger charge is -2.10. The van der Waals surface area contributed by atoms with Crippen LogP contribution in [0.5, 0.6) is 0 Å². The Labute approximate surface area is 179 Å². The van der Waals surface area contributed by atoms with Gasteiger partial charge in [-0.15, -0.1) is 0 Å². The fourth-order valence-electron chi connectivity index (χ4n) is 3.25. The van der Waals surface area contributed by atoms with E-state index >= 15 is 0 Å². The van der Waals surface area contributed by atoms with Crippen molar-refractivity contribution in [3.05, 3.63) is 83.6 Å². The van der Waals surface area contributed by atoms with E-state index < -0.39 is 0 Å². The van der Waals surface area contributed by atoms with Gasteiger partial charge in [0.25, 0.3) is 0 Å². The number of carbonyl (C=O) groups is 1. The van der Waals surface area contributed by atoms with Crippen LogP contribution in [-0.2, 0) is 16.0 Å². The molecule has 0 atom stereocenters. The van der Waals surface area contributed by atoms with Crippen LogP contribution in [0.3, 0.4) is 0 Å². The van der Waals surface area contributed by atoms with Crippen LogP contribution in [0.2, 0.25) is 5.02 Å². The SMILES string of the molecule is COC(=O)CCc1ccc(-c2ccc3ncnc(Nc4cccc(Cl)c4)c3c2)cc1. The first kappa shape index (κ1) is 19.9. The summed E-state index contributed by atoms with van der Waals surface area (Å²) in [6.45, 7) is 0. The third-order valence-corrected chi connectivity index (χ3v) is 5.09. The van der Waals surface area contributed by atoms with Crippen molar-refractivity contribution >= 4 is 40.0 Å². The Kier molecular flexibility index (Phi) is 5.91. The van der Waals surface area contributed by atoms with Crippen LogP contribution in [0.25, 0.3) is 22.0 Å². The number of aromatic nitrogens is 2. The van der Waals surface area contributed by atoms with Crippen molar-refractivity contribution in [2.24, 2.45) is 0 Å². The summed E-state index contributed by atoms with van der Waals surface area (Å²) in [5, 5.41) is 4.91. The van der Waals surface area contributed by atoms with E-state index in [0.717, 1.165) is 39.1 Å². The molecule has 1 heterocycles. The number of esters is 1. The zero-order valence-corrected chi connectivity index (χ0v) is 17.2. The maximum Gasteiger partial charge on any atom is 0.305 e. The van der Waals surface area contributed by atoms with Gasteiger partial charge in [-0.1, -0.05) is 48.0 Å². The van der Waals surface area contributed by atoms with E-state index in [0.29, 0.717) is 17.9 Å². The lowest BCUT2D eigenvalue weighted by atomic mass is 10.0. The van der Waals surface area contributed by atoms with Crippen molar-refractivity contribution < 1.29 is 9.53 Å². The third kappa shape index (κ3) is 4.58. The van der Waals surface area contributed by atoms with Crippen molar-refractivity contribution in [2.75, 3.05) is 12.4 Å². The second kappa shape index (κ2) is 8.93. The van der Waals surface area contributed by atoms with Crippen LogP contribution in [0.1, 0.15) is 12.0 Å². The molecule has 3 aromatic carbocycles. The molecule has 0 aliphatic heterocycles. The highest BCUT2D eigenvalue weighted by Crippen LogP contribution is 2.29. The summed E-state index contributed by atoms with van der Waals surface area (Å²) in [6.07, 6.45) is 2.58. The maximum atomic E-state index is 11.3. The number of halogens is 1. The van der Waals surface area contributed by atoms with Crippen molar-refractivity contribution in [3.63, 3.8) is 0 Å². The number of carbonyl (C=O) groups excluding carboxylic acids is 1. The summed E-state index contributed by atoms with van der Waals surface area (Å²) in [4.78, 5) is 20.1. The normalized spacial score (nSPS) is 10.7.